The van der Waals surface area contributed by atoms with Gasteiger partial charge in [-0.2, -0.15) is 0 Å². The van der Waals surface area contributed by atoms with E-state index in [0.717, 1.165) is 0 Å². The zero-order valence-electron chi connectivity index (χ0n) is 8.33. The lowest BCUT2D eigenvalue weighted by Gasteiger charge is -2.16. The molecule has 3 nitrogen and oxygen atoms in total. The third-order valence-electron chi connectivity index (χ3n) is 2.09. The van der Waals surface area contributed by atoms with Crippen LogP contribution >= 0.6 is 0 Å². The van der Waals surface area contributed by atoms with E-state index >= 15 is 0 Å². The maximum Gasteiger partial charge on any atom is 0.164 e. The summed E-state index contributed by atoms with van der Waals surface area (Å²) < 4.78 is 28.8. The molecule has 15 heavy (non-hydrogen) atoms. The third kappa shape index (κ3) is 2.03. The molecule has 1 aliphatic rings. The zero-order chi connectivity index (χ0) is 10.7. The quantitative estimate of drug-likeness (QED) is 0.748. The first-order valence-corrected chi connectivity index (χ1v) is 4.60. The highest BCUT2D eigenvalue weighted by molar-refractivity contribution is 5.60. The van der Waals surface area contributed by atoms with Gasteiger partial charge in [-0.3, -0.25) is 0 Å². The molecular weight excluding hydrogens is 199 g/mol. The minimum absolute atomic E-state index is 0.383. The van der Waals surface area contributed by atoms with E-state index in [1.807, 2.05) is 0 Å². The Morgan fingerprint density at radius 2 is 2.20 bits per heavy atom. The molecule has 1 aliphatic heterocycles. The molecule has 0 radical (unpaired) electrons. The monoisotopic (exact) mass is 210 g/mol. The Morgan fingerprint density at radius 1 is 1.33 bits per heavy atom. The Hall–Kier alpha value is -1.71. The fraction of sp³-hybridized carbons (Fsp3) is 0.273. The SMILES string of the molecule is COc1ccc(C2=COCCO2)c(F)c1. The van der Waals surface area contributed by atoms with Crippen molar-refractivity contribution in [1.29, 1.82) is 0 Å². The van der Waals surface area contributed by atoms with Gasteiger partial charge in [0.15, 0.2) is 5.76 Å². The van der Waals surface area contributed by atoms with Crippen molar-refractivity contribution >= 4 is 5.76 Å². The molecule has 0 spiro atoms. The molecule has 4 heteroatoms. The van der Waals surface area contributed by atoms with Crippen molar-refractivity contribution < 1.29 is 18.6 Å². The minimum atomic E-state index is -0.383. The Balaban J connectivity index is 2.32. The van der Waals surface area contributed by atoms with E-state index in [4.69, 9.17) is 14.2 Å². The fourth-order valence-electron chi connectivity index (χ4n) is 1.33. The Kier molecular flexibility index (Phi) is 2.76. The molecule has 0 N–H and O–H groups in total. The normalized spacial score (nSPS) is 14.9. The van der Waals surface area contributed by atoms with E-state index in [0.29, 0.717) is 30.3 Å². The molecule has 1 aromatic carbocycles. The molecule has 80 valence electrons. The lowest BCUT2D eigenvalue weighted by atomic mass is 10.1. The van der Waals surface area contributed by atoms with Crippen LogP contribution in [-0.4, -0.2) is 20.3 Å². The first-order chi connectivity index (χ1) is 7.31. The van der Waals surface area contributed by atoms with Crippen LogP contribution in [0.5, 0.6) is 5.75 Å². The minimum Gasteiger partial charge on any atom is -0.497 e. The summed E-state index contributed by atoms with van der Waals surface area (Å²) in [5, 5.41) is 0. The smallest absolute Gasteiger partial charge is 0.164 e. The maximum atomic E-state index is 13.6. The van der Waals surface area contributed by atoms with Crippen molar-refractivity contribution in [3.8, 4) is 5.75 Å². The van der Waals surface area contributed by atoms with Gasteiger partial charge in [0.05, 0.1) is 12.7 Å². The van der Waals surface area contributed by atoms with Gasteiger partial charge in [0.2, 0.25) is 0 Å². The maximum absolute atomic E-state index is 13.6. The van der Waals surface area contributed by atoms with Gasteiger partial charge in [0.25, 0.3) is 0 Å². The molecule has 0 aliphatic carbocycles. The second-order valence-corrected chi connectivity index (χ2v) is 3.05. The number of benzene rings is 1. The Bertz CT molecular complexity index is 387. The van der Waals surface area contributed by atoms with Crippen LogP contribution in [0.4, 0.5) is 4.39 Å². The van der Waals surface area contributed by atoms with Crippen molar-refractivity contribution in [3.63, 3.8) is 0 Å². The highest BCUT2D eigenvalue weighted by atomic mass is 19.1. The van der Waals surface area contributed by atoms with Gasteiger partial charge >= 0.3 is 0 Å². The van der Waals surface area contributed by atoms with Gasteiger partial charge in [0.1, 0.15) is 31.0 Å². The zero-order valence-corrected chi connectivity index (χ0v) is 8.33. The molecule has 0 aromatic heterocycles. The molecule has 0 amide bonds. The number of ether oxygens (including phenoxy) is 3. The van der Waals surface area contributed by atoms with Crippen molar-refractivity contribution in [2.45, 2.75) is 0 Å². The average Bonchev–Trinajstić information content (AvgIpc) is 2.30. The van der Waals surface area contributed by atoms with E-state index in [1.54, 1.807) is 12.1 Å². The van der Waals surface area contributed by atoms with E-state index < -0.39 is 0 Å². The summed E-state index contributed by atoms with van der Waals surface area (Å²) in [5.74, 6) is 0.515. The summed E-state index contributed by atoms with van der Waals surface area (Å²) >= 11 is 0. The first-order valence-electron chi connectivity index (χ1n) is 4.60. The van der Waals surface area contributed by atoms with Gasteiger partial charge in [-0.25, -0.2) is 4.39 Å². The molecule has 1 heterocycles. The predicted octanol–water partition coefficient (Wildman–Crippen LogP) is 2.18. The standard InChI is InChI=1S/C11H11FO3/c1-13-8-2-3-9(10(12)6-8)11-7-14-4-5-15-11/h2-3,6-7H,4-5H2,1H3. The average molecular weight is 210 g/mol. The topological polar surface area (TPSA) is 27.7 Å². The summed E-state index contributed by atoms with van der Waals surface area (Å²) in [6.45, 7) is 0.943. The second-order valence-electron chi connectivity index (χ2n) is 3.05. The van der Waals surface area contributed by atoms with Gasteiger partial charge in [-0.15, -0.1) is 0 Å². The molecule has 2 rings (SSSR count). The van der Waals surface area contributed by atoms with Crippen molar-refractivity contribution in [2.24, 2.45) is 0 Å². The lowest BCUT2D eigenvalue weighted by molar-refractivity contribution is 0.125. The lowest BCUT2D eigenvalue weighted by Crippen LogP contribution is -2.08. The summed E-state index contributed by atoms with van der Waals surface area (Å²) in [5.41, 5.74) is 0.385. The number of methoxy groups -OCH3 is 1. The van der Waals surface area contributed by atoms with E-state index in [-0.39, 0.29) is 5.82 Å². The number of hydrogen-bond acceptors (Lipinski definition) is 3. The van der Waals surface area contributed by atoms with Crippen molar-refractivity contribution in [1.82, 2.24) is 0 Å². The summed E-state index contributed by atoms with van der Waals surface area (Å²) in [4.78, 5) is 0. The molecule has 0 unspecified atom stereocenters. The van der Waals surface area contributed by atoms with Gasteiger partial charge in [-0.05, 0) is 12.1 Å². The Morgan fingerprint density at radius 3 is 2.80 bits per heavy atom. The summed E-state index contributed by atoms with van der Waals surface area (Å²) in [6.07, 6.45) is 1.42. The van der Waals surface area contributed by atoms with Crippen LogP contribution in [-0.2, 0) is 9.47 Å². The molecule has 0 saturated carbocycles. The van der Waals surface area contributed by atoms with E-state index in [1.165, 1.54) is 19.4 Å². The van der Waals surface area contributed by atoms with Gasteiger partial charge in [0, 0.05) is 6.07 Å². The van der Waals surface area contributed by atoms with E-state index in [2.05, 4.69) is 0 Å². The van der Waals surface area contributed by atoms with Crippen LogP contribution < -0.4 is 4.74 Å². The van der Waals surface area contributed by atoms with Crippen molar-refractivity contribution in [2.75, 3.05) is 20.3 Å². The van der Waals surface area contributed by atoms with Crippen LogP contribution in [0.25, 0.3) is 5.76 Å². The highest BCUT2D eigenvalue weighted by Crippen LogP contribution is 2.24. The molecule has 0 atom stereocenters. The third-order valence-corrected chi connectivity index (χ3v) is 2.09. The predicted molar refractivity (Wildman–Crippen MR) is 52.8 cm³/mol. The van der Waals surface area contributed by atoms with Crippen LogP contribution in [0.15, 0.2) is 24.5 Å². The number of hydrogen-bond donors (Lipinski definition) is 0. The molecule has 0 bridgehead atoms. The molecule has 1 aromatic rings. The largest absolute Gasteiger partial charge is 0.497 e. The Labute approximate surface area is 87.1 Å². The van der Waals surface area contributed by atoms with Crippen LogP contribution in [0.2, 0.25) is 0 Å². The number of halogens is 1. The van der Waals surface area contributed by atoms with Crippen LogP contribution in [0, 0.1) is 5.82 Å². The molecule has 0 fully saturated rings. The summed E-state index contributed by atoms with van der Waals surface area (Å²) in [7, 11) is 1.49. The van der Waals surface area contributed by atoms with Crippen LogP contribution in [0.3, 0.4) is 0 Å². The molecule has 0 saturated heterocycles. The first kappa shape index (κ1) is 9.83. The fourth-order valence-corrected chi connectivity index (χ4v) is 1.33. The number of rotatable bonds is 2. The molecular formula is C11H11FO3. The van der Waals surface area contributed by atoms with Gasteiger partial charge < -0.3 is 14.2 Å². The van der Waals surface area contributed by atoms with E-state index in [9.17, 15) is 4.39 Å². The van der Waals surface area contributed by atoms with Crippen molar-refractivity contribution in [3.05, 3.63) is 35.8 Å². The summed E-state index contributed by atoms with van der Waals surface area (Å²) in [6, 6.07) is 4.60. The highest BCUT2D eigenvalue weighted by Gasteiger charge is 2.13. The van der Waals surface area contributed by atoms with Crippen LogP contribution in [0.1, 0.15) is 5.56 Å². The van der Waals surface area contributed by atoms with Gasteiger partial charge in [-0.1, -0.05) is 0 Å². The second kappa shape index (κ2) is 4.21.